The van der Waals surface area contributed by atoms with Crippen molar-refractivity contribution in [2.45, 2.75) is 63.6 Å². The highest BCUT2D eigenvalue weighted by Crippen LogP contribution is 2.39. The van der Waals surface area contributed by atoms with E-state index < -0.39 is 23.4 Å². The normalized spacial score (nSPS) is 31.1. The molecule has 0 bridgehead atoms. The monoisotopic (exact) mass is 362 g/mol. The molecule has 140 valence electrons. The molecule has 6 heteroatoms. The summed E-state index contributed by atoms with van der Waals surface area (Å²) in [5.41, 5.74) is -1.57. The highest BCUT2D eigenvalue weighted by Gasteiger charge is 2.39. The lowest BCUT2D eigenvalue weighted by atomic mass is 9.77. The topological polar surface area (TPSA) is 9.23 Å². The maximum absolute atomic E-state index is 13.8. The van der Waals surface area contributed by atoms with Crippen LogP contribution in [-0.2, 0) is 10.9 Å². The SMILES string of the molecule is CC1CCC(C2CCC(c3cc(F)c(C(F)(F)F)c(F)c3)CO2)CC1. The van der Waals surface area contributed by atoms with E-state index in [1.165, 1.54) is 12.8 Å². The third-order valence-electron chi connectivity index (χ3n) is 5.72. The molecule has 2 unspecified atom stereocenters. The van der Waals surface area contributed by atoms with Gasteiger partial charge in [-0.25, -0.2) is 8.78 Å². The van der Waals surface area contributed by atoms with Crippen molar-refractivity contribution in [2.24, 2.45) is 11.8 Å². The standard InChI is InChI=1S/C19H23F5O/c1-11-2-4-12(5-3-11)17-7-6-13(10-25-17)14-8-15(20)18(16(21)9-14)19(22,23)24/h8-9,11-13,17H,2-7,10H2,1H3. The number of benzene rings is 1. The molecule has 0 N–H and O–H groups in total. The molecule has 1 aromatic carbocycles. The summed E-state index contributed by atoms with van der Waals surface area (Å²) in [5.74, 6) is -2.08. The van der Waals surface area contributed by atoms with E-state index in [1.54, 1.807) is 0 Å². The highest BCUT2D eigenvalue weighted by molar-refractivity contribution is 5.30. The molecule has 2 aliphatic rings. The first-order valence-corrected chi connectivity index (χ1v) is 8.93. The lowest BCUT2D eigenvalue weighted by Gasteiger charge is -2.37. The number of hydrogen-bond acceptors (Lipinski definition) is 1. The van der Waals surface area contributed by atoms with Gasteiger partial charge in [0.1, 0.15) is 17.2 Å². The van der Waals surface area contributed by atoms with E-state index in [-0.39, 0.29) is 17.6 Å². The average molecular weight is 362 g/mol. The first-order chi connectivity index (χ1) is 11.8. The fourth-order valence-corrected chi connectivity index (χ4v) is 4.16. The molecule has 1 aliphatic heterocycles. The highest BCUT2D eigenvalue weighted by atomic mass is 19.4. The van der Waals surface area contributed by atoms with Gasteiger partial charge in [0.25, 0.3) is 0 Å². The van der Waals surface area contributed by atoms with Gasteiger partial charge in [0.15, 0.2) is 0 Å². The summed E-state index contributed by atoms with van der Waals surface area (Å²) in [6.07, 6.45) is 1.27. The number of hydrogen-bond donors (Lipinski definition) is 0. The number of rotatable bonds is 2. The summed E-state index contributed by atoms with van der Waals surface area (Å²) in [7, 11) is 0. The molecule has 25 heavy (non-hydrogen) atoms. The minimum atomic E-state index is -5.03. The number of alkyl halides is 3. The average Bonchev–Trinajstić information content (AvgIpc) is 2.54. The van der Waals surface area contributed by atoms with E-state index in [2.05, 4.69) is 6.92 Å². The van der Waals surface area contributed by atoms with Crippen LogP contribution in [0.4, 0.5) is 22.0 Å². The first kappa shape index (κ1) is 18.6. The summed E-state index contributed by atoms with van der Waals surface area (Å²) in [6.45, 7) is 2.56. The van der Waals surface area contributed by atoms with Crippen LogP contribution >= 0.6 is 0 Å². The van der Waals surface area contributed by atoms with Crippen LogP contribution in [-0.4, -0.2) is 12.7 Å². The number of ether oxygens (including phenoxy) is 1. The Morgan fingerprint density at radius 1 is 0.920 bits per heavy atom. The molecule has 1 aromatic rings. The quantitative estimate of drug-likeness (QED) is 0.580. The van der Waals surface area contributed by atoms with Crippen LogP contribution in [0.1, 0.15) is 62.5 Å². The van der Waals surface area contributed by atoms with Crippen LogP contribution in [0, 0.1) is 23.5 Å². The predicted octanol–water partition coefficient (Wildman–Crippen LogP) is 6.07. The summed E-state index contributed by atoms with van der Waals surface area (Å²) < 4.78 is 71.5. The lowest BCUT2D eigenvalue weighted by Crippen LogP contribution is -2.33. The van der Waals surface area contributed by atoms with Crippen molar-refractivity contribution in [3.63, 3.8) is 0 Å². The molecule has 0 radical (unpaired) electrons. The second kappa shape index (κ2) is 7.22. The van der Waals surface area contributed by atoms with Gasteiger partial charge in [-0.2, -0.15) is 13.2 Å². The van der Waals surface area contributed by atoms with Gasteiger partial charge in [0.2, 0.25) is 0 Å². The Morgan fingerprint density at radius 2 is 1.52 bits per heavy atom. The second-order valence-electron chi connectivity index (χ2n) is 7.52. The van der Waals surface area contributed by atoms with Crippen molar-refractivity contribution >= 4 is 0 Å². The Morgan fingerprint density at radius 3 is 2.00 bits per heavy atom. The fourth-order valence-electron chi connectivity index (χ4n) is 4.16. The third kappa shape index (κ3) is 4.15. The Hall–Kier alpha value is -1.17. The molecule has 1 saturated heterocycles. The Bertz CT molecular complexity index is 573. The van der Waals surface area contributed by atoms with Crippen LogP contribution in [0.3, 0.4) is 0 Å². The van der Waals surface area contributed by atoms with Crippen LogP contribution in [0.5, 0.6) is 0 Å². The second-order valence-corrected chi connectivity index (χ2v) is 7.52. The Labute approximate surface area is 144 Å². The molecule has 2 atom stereocenters. The summed E-state index contributed by atoms with van der Waals surface area (Å²) in [6, 6.07) is 1.62. The van der Waals surface area contributed by atoms with Crippen LogP contribution in [0.15, 0.2) is 12.1 Å². The van der Waals surface area contributed by atoms with Crippen LogP contribution in [0.2, 0.25) is 0 Å². The van der Waals surface area contributed by atoms with E-state index >= 15 is 0 Å². The van der Waals surface area contributed by atoms with Crippen LogP contribution < -0.4 is 0 Å². The van der Waals surface area contributed by atoms with Gasteiger partial charge in [-0.3, -0.25) is 0 Å². The van der Waals surface area contributed by atoms with Gasteiger partial charge >= 0.3 is 6.18 Å². The van der Waals surface area contributed by atoms with Crippen molar-refractivity contribution in [1.29, 1.82) is 0 Å². The Kier molecular flexibility index (Phi) is 5.37. The van der Waals surface area contributed by atoms with Crippen molar-refractivity contribution in [2.75, 3.05) is 6.61 Å². The molecule has 1 heterocycles. The van der Waals surface area contributed by atoms with Crippen molar-refractivity contribution in [3.05, 3.63) is 34.9 Å². The van der Waals surface area contributed by atoms with Crippen LogP contribution in [0.25, 0.3) is 0 Å². The number of halogens is 5. The molecule has 0 spiro atoms. The van der Waals surface area contributed by atoms with Gasteiger partial charge in [0.05, 0.1) is 12.7 Å². The molecule has 0 amide bonds. The largest absolute Gasteiger partial charge is 0.422 e. The molecule has 1 saturated carbocycles. The fraction of sp³-hybridized carbons (Fsp3) is 0.684. The summed E-state index contributed by atoms with van der Waals surface area (Å²) in [5, 5.41) is 0. The van der Waals surface area contributed by atoms with Gasteiger partial charge in [0, 0.05) is 5.92 Å². The van der Waals surface area contributed by atoms with E-state index in [0.29, 0.717) is 18.9 Å². The summed E-state index contributed by atoms with van der Waals surface area (Å²) in [4.78, 5) is 0. The predicted molar refractivity (Wildman–Crippen MR) is 84.2 cm³/mol. The van der Waals surface area contributed by atoms with Crippen molar-refractivity contribution < 1.29 is 26.7 Å². The van der Waals surface area contributed by atoms with E-state index in [1.807, 2.05) is 0 Å². The van der Waals surface area contributed by atoms with E-state index in [0.717, 1.165) is 37.3 Å². The van der Waals surface area contributed by atoms with E-state index in [4.69, 9.17) is 4.74 Å². The zero-order valence-electron chi connectivity index (χ0n) is 14.2. The third-order valence-corrected chi connectivity index (χ3v) is 5.72. The first-order valence-electron chi connectivity index (χ1n) is 8.93. The minimum absolute atomic E-state index is 0.160. The Balaban J connectivity index is 1.65. The molecule has 1 aliphatic carbocycles. The lowest BCUT2D eigenvalue weighted by molar-refractivity contribution is -0.142. The molecular formula is C19H23F5O. The smallest absolute Gasteiger partial charge is 0.377 e. The molecule has 1 nitrogen and oxygen atoms in total. The van der Waals surface area contributed by atoms with Crippen molar-refractivity contribution in [1.82, 2.24) is 0 Å². The van der Waals surface area contributed by atoms with Gasteiger partial charge in [-0.15, -0.1) is 0 Å². The molecular weight excluding hydrogens is 339 g/mol. The zero-order chi connectivity index (χ0) is 18.2. The zero-order valence-corrected chi connectivity index (χ0v) is 14.2. The molecule has 2 fully saturated rings. The van der Waals surface area contributed by atoms with Gasteiger partial charge < -0.3 is 4.74 Å². The molecule has 3 rings (SSSR count). The maximum atomic E-state index is 13.8. The maximum Gasteiger partial charge on any atom is 0.422 e. The van der Waals surface area contributed by atoms with Crippen molar-refractivity contribution in [3.8, 4) is 0 Å². The summed E-state index contributed by atoms with van der Waals surface area (Å²) >= 11 is 0. The molecule has 0 aromatic heterocycles. The van der Waals surface area contributed by atoms with Gasteiger partial charge in [-0.1, -0.05) is 19.8 Å². The van der Waals surface area contributed by atoms with E-state index in [9.17, 15) is 22.0 Å². The van der Waals surface area contributed by atoms with Gasteiger partial charge in [-0.05, 0) is 55.2 Å². The minimum Gasteiger partial charge on any atom is -0.377 e.